The SMILES string of the molecule is Cc1ccccc1C(N)CSc1nc(C)c(C)c(C)n1. The minimum atomic E-state index is 0.00622. The van der Waals surface area contributed by atoms with Crippen molar-refractivity contribution in [2.24, 2.45) is 5.73 Å². The molecular formula is C16H21N3S. The van der Waals surface area contributed by atoms with Crippen LogP contribution in [-0.2, 0) is 0 Å². The van der Waals surface area contributed by atoms with Crippen molar-refractivity contribution in [3.05, 3.63) is 52.3 Å². The minimum absolute atomic E-state index is 0.00622. The Hall–Kier alpha value is -1.39. The molecule has 4 heteroatoms. The molecule has 0 aliphatic rings. The van der Waals surface area contributed by atoms with Crippen molar-refractivity contribution in [1.29, 1.82) is 0 Å². The summed E-state index contributed by atoms with van der Waals surface area (Å²) in [7, 11) is 0. The van der Waals surface area contributed by atoms with Crippen LogP contribution in [0.25, 0.3) is 0 Å². The molecule has 3 nitrogen and oxygen atoms in total. The number of thioether (sulfide) groups is 1. The Morgan fingerprint density at radius 3 is 2.25 bits per heavy atom. The number of hydrogen-bond acceptors (Lipinski definition) is 4. The lowest BCUT2D eigenvalue weighted by atomic mass is 10.0. The van der Waals surface area contributed by atoms with Crippen molar-refractivity contribution in [2.45, 2.75) is 38.9 Å². The Morgan fingerprint density at radius 1 is 1.05 bits per heavy atom. The van der Waals surface area contributed by atoms with Crippen LogP contribution in [0.3, 0.4) is 0 Å². The zero-order chi connectivity index (χ0) is 14.7. The molecular weight excluding hydrogens is 266 g/mol. The van der Waals surface area contributed by atoms with E-state index < -0.39 is 0 Å². The molecule has 1 aromatic heterocycles. The molecule has 0 radical (unpaired) electrons. The number of nitrogens with two attached hydrogens (primary N) is 1. The van der Waals surface area contributed by atoms with Crippen molar-refractivity contribution >= 4 is 11.8 Å². The summed E-state index contributed by atoms with van der Waals surface area (Å²) in [6.07, 6.45) is 0. The van der Waals surface area contributed by atoms with Crippen LogP contribution in [0.2, 0.25) is 0 Å². The van der Waals surface area contributed by atoms with E-state index in [0.717, 1.165) is 27.9 Å². The predicted molar refractivity (Wildman–Crippen MR) is 85.1 cm³/mol. The van der Waals surface area contributed by atoms with Gasteiger partial charge in [0.25, 0.3) is 0 Å². The highest BCUT2D eigenvalue weighted by Gasteiger charge is 2.11. The zero-order valence-electron chi connectivity index (χ0n) is 12.5. The van der Waals surface area contributed by atoms with Crippen LogP contribution in [0.15, 0.2) is 29.4 Å². The molecule has 0 amide bonds. The van der Waals surface area contributed by atoms with Crippen molar-refractivity contribution in [3.8, 4) is 0 Å². The summed E-state index contributed by atoms with van der Waals surface area (Å²) in [4.78, 5) is 9.04. The lowest BCUT2D eigenvalue weighted by molar-refractivity contribution is 0.814. The molecule has 2 aromatic rings. The summed E-state index contributed by atoms with van der Waals surface area (Å²) in [5.74, 6) is 0.785. The molecule has 0 bridgehead atoms. The first-order chi connectivity index (χ1) is 9.49. The molecule has 0 spiro atoms. The van der Waals surface area contributed by atoms with Crippen molar-refractivity contribution in [3.63, 3.8) is 0 Å². The summed E-state index contributed by atoms with van der Waals surface area (Å²) in [5.41, 5.74) is 12.0. The lowest BCUT2D eigenvalue weighted by Crippen LogP contribution is -2.14. The maximum atomic E-state index is 6.27. The third-order valence-electron chi connectivity index (χ3n) is 3.59. The van der Waals surface area contributed by atoms with Crippen LogP contribution in [0, 0.1) is 27.7 Å². The molecule has 0 saturated heterocycles. The van der Waals surface area contributed by atoms with Gasteiger partial charge in [0, 0.05) is 23.2 Å². The second-order valence-corrected chi connectivity index (χ2v) is 6.06. The van der Waals surface area contributed by atoms with Gasteiger partial charge in [-0.1, -0.05) is 36.0 Å². The van der Waals surface area contributed by atoms with Crippen molar-refractivity contribution < 1.29 is 0 Å². The quantitative estimate of drug-likeness (QED) is 0.690. The molecule has 2 N–H and O–H groups in total. The van der Waals surface area contributed by atoms with Crippen LogP contribution in [0.4, 0.5) is 0 Å². The normalized spacial score (nSPS) is 12.4. The molecule has 1 aromatic carbocycles. The molecule has 0 aliphatic heterocycles. The van der Waals surface area contributed by atoms with Gasteiger partial charge in [-0.15, -0.1) is 0 Å². The molecule has 106 valence electrons. The van der Waals surface area contributed by atoms with Crippen LogP contribution in [0.5, 0.6) is 0 Å². The monoisotopic (exact) mass is 287 g/mol. The highest BCUT2D eigenvalue weighted by atomic mass is 32.2. The summed E-state index contributed by atoms with van der Waals surface area (Å²) >= 11 is 1.62. The maximum Gasteiger partial charge on any atom is 0.188 e. The van der Waals surface area contributed by atoms with E-state index in [1.807, 2.05) is 26.0 Å². The largest absolute Gasteiger partial charge is 0.323 e. The van der Waals surface area contributed by atoms with Crippen molar-refractivity contribution in [2.75, 3.05) is 5.75 Å². The molecule has 0 fully saturated rings. The van der Waals surface area contributed by atoms with E-state index in [4.69, 9.17) is 5.73 Å². The van der Waals surface area contributed by atoms with E-state index in [0.29, 0.717) is 0 Å². The number of nitrogens with zero attached hydrogens (tertiary/aromatic N) is 2. The Kier molecular flexibility index (Phi) is 4.78. The van der Waals surface area contributed by atoms with E-state index in [1.54, 1.807) is 11.8 Å². The fourth-order valence-electron chi connectivity index (χ4n) is 2.06. The highest BCUT2D eigenvalue weighted by Crippen LogP contribution is 2.23. The first-order valence-corrected chi connectivity index (χ1v) is 7.73. The van der Waals surface area contributed by atoms with Crippen LogP contribution < -0.4 is 5.73 Å². The number of benzene rings is 1. The number of aromatic nitrogens is 2. The highest BCUT2D eigenvalue weighted by molar-refractivity contribution is 7.99. The number of aryl methyl sites for hydroxylation is 3. The van der Waals surface area contributed by atoms with Gasteiger partial charge in [-0.2, -0.15) is 0 Å². The van der Waals surface area contributed by atoms with E-state index in [2.05, 4.69) is 35.9 Å². The standard InChI is InChI=1S/C16H21N3S/c1-10-7-5-6-8-14(10)15(17)9-20-16-18-12(3)11(2)13(4)19-16/h5-8,15H,9,17H2,1-4H3. The van der Waals surface area contributed by atoms with Gasteiger partial charge >= 0.3 is 0 Å². The molecule has 1 heterocycles. The third-order valence-corrected chi connectivity index (χ3v) is 4.56. The second-order valence-electron chi connectivity index (χ2n) is 5.08. The first kappa shape index (κ1) is 15.0. The fourth-order valence-corrected chi connectivity index (χ4v) is 2.97. The van der Waals surface area contributed by atoms with Gasteiger partial charge in [0.05, 0.1) is 0 Å². The minimum Gasteiger partial charge on any atom is -0.323 e. The zero-order valence-corrected chi connectivity index (χ0v) is 13.3. The number of hydrogen-bond donors (Lipinski definition) is 1. The summed E-state index contributed by atoms with van der Waals surface area (Å²) in [5, 5.41) is 0.814. The average Bonchev–Trinajstić information content (AvgIpc) is 2.42. The van der Waals surface area contributed by atoms with Crippen LogP contribution in [-0.4, -0.2) is 15.7 Å². The third kappa shape index (κ3) is 3.38. The summed E-state index contributed by atoms with van der Waals surface area (Å²) < 4.78 is 0. The topological polar surface area (TPSA) is 51.8 Å². The second kappa shape index (κ2) is 6.37. The van der Waals surface area contributed by atoms with E-state index in [-0.39, 0.29) is 6.04 Å². The fraction of sp³-hybridized carbons (Fsp3) is 0.375. The van der Waals surface area contributed by atoms with Gasteiger partial charge in [-0.3, -0.25) is 0 Å². The maximum absolute atomic E-state index is 6.27. The Bertz CT molecular complexity index is 587. The Labute approximate surface area is 125 Å². The predicted octanol–water partition coefficient (Wildman–Crippen LogP) is 3.50. The van der Waals surface area contributed by atoms with Gasteiger partial charge < -0.3 is 5.73 Å². The average molecular weight is 287 g/mol. The molecule has 0 aliphatic carbocycles. The van der Waals surface area contributed by atoms with Crippen LogP contribution >= 0.6 is 11.8 Å². The van der Waals surface area contributed by atoms with E-state index in [1.165, 1.54) is 11.1 Å². The van der Waals surface area contributed by atoms with Crippen LogP contribution in [0.1, 0.15) is 34.1 Å². The van der Waals surface area contributed by atoms with Gasteiger partial charge in [-0.05, 0) is 44.4 Å². The van der Waals surface area contributed by atoms with E-state index >= 15 is 0 Å². The molecule has 1 atom stereocenters. The number of rotatable bonds is 4. The van der Waals surface area contributed by atoms with Gasteiger partial charge in [0.15, 0.2) is 5.16 Å². The smallest absolute Gasteiger partial charge is 0.188 e. The first-order valence-electron chi connectivity index (χ1n) is 6.74. The van der Waals surface area contributed by atoms with Crippen molar-refractivity contribution in [1.82, 2.24) is 9.97 Å². The van der Waals surface area contributed by atoms with Gasteiger partial charge in [0.1, 0.15) is 0 Å². The lowest BCUT2D eigenvalue weighted by Gasteiger charge is -2.14. The van der Waals surface area contributed by atoms with Gasteiger partial charge in [-0.25, -0.2) is 9.97 Å². The van der Waals surface area contributed by atoms with E-state index in [9.17, 15) is 0 Å². The Morgan fingerprint density at radius 2 is 1.65 bits per heavy atom. The Balaban J connectivity index is 2.07. The molecule has 1 unspecified atom stereocenters. The molecule has 0 saturated carbocycles. The molecule has 20 heavy (non-hydrogen) atoms. The molecule has 2 rings (SSSR count). The van der Waals surface area contributed by atoms with Gasteiger partial charge in [0.2, 0.25) is 0 Å². The summed E-state index contributed by atoms with van der Waals surface area (Å²) in [6, 6.07) is 8.26. The summed E-state index contributed by atoms with van der Waals surface area (Å²) in [6.45, 7) is 8.19.